The molecule has 198 valence electrons. The molecule has 3 aromatic carbocycles. The molecular formula is C31H27ClN2O5. The lowest BCUT2D eigenvalue weighted by atomic mass is 9.92. The molecule has 0 spiro atoms. The van der Waals surface area contributed by atoms with Crippen LogP contribution in [0, 0.1) is 6.92 Å². The second kappa shape index (κ2) is 9.82. The number of fused-ring (bicyclic) bond motifs is 1. The van der Waals surface area contributed by atoms with E-state index in [-0.39, 0.29) is 11.3 Å². The minimum absolute atomic E-state index is 0.0234. The van der Waals surface area contributed by atoms with Gasteiger partial charge in [0.15, 0.2) is 22.9 Å². The number of hydrogen-bond acceptors (Lipinski definition) is 6. The summed E-state index contributed by atoms with van der Waals surface area (Å²) in [4.78, 5) is 31.4. The van der Waals surface area contributed by atoms with Crippen molar-refractivity contribution < 1.29 is 23.8 Å². The van der Waals surface area contributed by atoms with Crippen LogP contribution in [0.3, 0.4) is 0 Å². The second-order valence-electron chi connectivity index (χ2n) is 9.87. The zero-order chi connectivity index (χ0) is 27.3. The van der Waals surface area contributed by atoms with E-state index in [0.29, 0.717) is 27.4 Å². The van der Waals surface area contributed by atoms with Crippen molar-refractivity contribution in [3.05, 3.63) is 100.0 Å². The van der Waals surface area contributed by atoms with Gasteiger partial charge in [0, 0.05) is 40.9 Å². The Labute approximate surface area is 230 Å². The number of aliphatic hydroxyl groups is 1. The van der Waals surface area contributed by atoms with Gasteiger partial charge in [-0.05, 0) is 67.3 Å². The Morgan fingerprint density at radius 2 is 1.72 bits per heavy atom. The lowest BCUT2D eigenvalue weighted by Crippen LogP contribution is -2.31. The SMILES string of the molecule is COc1cc(Cl)cc2cc(C(=O)C3=C(O)C(=O)N(c4ccc(N5CCCC5)cc4)C3c3ccccc3C)oc12. The van der Waals surface area contributed by atoms with Crippen molar-refractivity contribution in [2.75, 3.05) is 30.0 Å². The highest BCUT2D eigenvalue weighted by atomic mass is 35.5. The van der Waals surface area contributed by atoms with E-state index in [1.54, 1.807) is 18.2 Å². The molecule has 1 N–H and O–H groups in total. The molecule has 2 aliphatic heterocycles. The number of carbonyl (C=O) groups excluding carboxylic acids is 2. The van der Waals surface area contributed by atoms with E-state index < -0.39 is 23.5 Å². The first-order chi connectivity index (χ1) is 18.9. The fourth-order valence-electron chi connectivity index (χ4n) is 5.57. The van der Waals surface area contributed by atoms with E-state index in [2.05, 4.69) is 4.90 Å². The fourth-order valence-corrected chi connectivity index (χ4v) is 5.79. The lowest BCUT2D eigenvalue weighted by molar-refractivity contribution is -0.117. The van der Waals surface area contributed by atoms with Gasteiger partial charge in [-0.2, -0.15) is 0 Å². The van der Waals surface area contributed by atoms with Gasteiger partial charge >= 0.3 is 0 Å². The third-order valence-corrected chi connectivity index (χ3v) is 7.74. The van der Waals surface area contributed by atoms with Gasteiger partial charge in [-0.25, -0.2) is 0 Å². The number of amides is 1. The maximum Gasteiger partial charge on any atom is 0.294 e. The van der Waals surface area contributed by atoms with Gasteiger partial charge in [0.1, 0.15) is 0 Å². The van der Waals surface area contributed by atoms with Crippen molar-refractivity contribution in [3.63, 3.8) is 0 Å². The maximum absolute atomic E-state index is 14.0. The number of halogens is 1. The molecular weight excluding hydrogens is 516 g/mol. The van der Waals surface area contributed by atoms with Crippen molar-refractivity contribution in [1.82, 2.24) is 0 Å². The molecule has 1 saturated heterocycles. The van der Waals surface area contributed by atoms with Crippen LogP contribution in [0.15, 0.2) is 82.5 Å². The molecule has 0 aliphatic carbocycles. The molecule has 1 aromatic heterocycles. The summed E-state index contributed by atoms with van der Waals surface area (Å²) in [5.41, 5.74) is 3.60. The van der Waals surface area contributed by atoms with Crippen LogP contribution in [0.2, 0.25) is 5.02 Å². The minimum Gasteiger partial charge on any atom is -0.503 e. The number of carbonyl (C=O) groups is 2. The summed E-state index contributed by atoms with van der Waals surface area (Å²) < 4.78 is 11.3. The molecule has 8 heteroatoms. The summed E-state index contributed by atoms with van der Waals surface area (Å²) in [5.74, 6) is -1.46. The standard InChI is InChI=1S/C31H27ClN2O5/c1-18-7-3-4-8-23(18)27-26(28(35)24-16-19-15-20(32)17-25(38-2)30(19)39-24)29(36)31(37)34(27)22-11-9-21(10-12-22)33-13-5-6-14-33/h3-4,7-12,15-17,27,36H,5-6,13-14H2,1-2H3. The number of rotatable bonds is 6. The summed E-state index contributed by atoms with van der Waals surface area (Å²) in [6.07, 6.45) is 2.32. The molecule has 3 heterocycles. The molecule has 1 unspecified atom stereocenters. The van der Waals surface area contributed by atoms with Gasteiger partial charge in [-0.3, -0.25) is 14.5 Å². The molecule has 39 heavy (non-hydrogen) atoms. The van der Waals surface area contributed by atoms with Crippen molar-refractivity contribution in [2.24, 2.45) is 0 Å². The van der Waals surface area contributed by atoms with Crippen molar-refractivity contribution in [2.45, 2.75) is 25.8 Å². The van der Waals surface area contributed by atoms with Crippen molar-refractivity contribution in [3.8, 4) is 5.75 Å². The van der Waals surface area contributed by atoms with Crippen LogP contribution in [0.4, 0.5) is 11.4 Å². The Kier molecular flexibility index (Phi) is 6.31. The normalized spacial score (nSPS) is 17.5. The van der Waals surface area contributed by atoms with Gasteiger partial charge in [-0.15, -0.1) is 0 Å². The Morgan fingerprint density at radius 1 is 1.03 bits per heavy atom. The Morgan fingerprint density at radius 3 is 2.41 bits per heavy atom. The van der Waals surface area contributed by atoms with Gasteiger partial charge in [0.25, 0.3) is 5.91 Å². The number of hydrogen-bond donors (Lipinski definition) is 1. The predicted octanol–water partition coefficient (Wildman–Crippen LogP) is 6.79. The number of aliphatic hydroxyl groups excluding tert-OH is 1. The van der Waals surface area contributed by atoms with E-state index in [4.69, 9.17) is 20.8 Å². The third-order valence-electron chi connectivity index (χ3n) is 7.53. The van der Waals surface area contributed by atoms with Crippen LogP contribution in [0.5, 0.6) is 5.75 Å². The van der Waals surface area contributed by atoms with E-state index >= 15 is 0 Å². The summed E-state index contributed by atoms with van der Waals surface area (Å²) in [6, 6.07) is 19.2. The Balaban J connectivity index is 1.45. The quantitative estimate of drug-likeness (QED) is 0.270. The summed E-state index contributed by atoms with van der Waals surface area (Å²) in [5, 5.41) is 12.2. The van der Waals surface area contributed by atoms with Gasteiger partial charge < -0.3 is 19.2 Å². The van der Waals surface area contributed by atoms with E-state index in [1.807, 2.05) is 55.5 Å². The van der Waals surface area contributed by atoms with Crippen LogP contribution in [0.1, 0.15) is 40.6 Å². The van der Waals surface area contributed by atoms with Crippen molar-refractivity contribution >= 4 is 45.6 Å². The molecule has 0 saturated carbocycles. The van der Waals surface area contributed by atoms with Crippen LogP contribution >= 0.6 is 11.6 Å². The number of anilines is 2. The highest BCUT2D eigenvalue weighted by Gasteiger charge is 2.46. The zero-order valence-electron chi connectivity index (χ0n) is 21.6. The molecule has 1 amide bonds. The number of furan rings is 1. The fraction of sp³-hybridized carbons (Fsp3) is 0.226. The molecule has 0 bridgehead atoms. The van der Waals surface area contributed by atoms with Gasteiger partial charge in [-0.1, -0.05) is 35.9 Å². The minimum atomic E-state index is -0.845. The smallest absolute Gasteiger partial charge is 0.294 e. The zero-order valence-corrected chi connectivity index (χ0v) is 22.4. The first-order valence-electron chi connectivity index (χ1n) is 12.9. The average Bonchev–Trinajstić information content (AvgIpc) is 3.68. The van der Waals surface area contributed by atoms with E-state index in [1.165, 1.54) is 12.0 Å². The number of ether oxygens (including phenoxy) is 1. The number of ketones is 1. The van der Waals surface area contributed by atoms with E-state index in [9.17, 15) is 14.7 Å². The molecule has 6 rings (SSSR count). The predicted molar refractivity (Wildman–Crippen MR) is 151 cm³/mol. The molecule has 2 aliphatic rings. The first-order valence-corrected chi connectivity index (χ1v) is 13.2. The van der Waals surface area contributed by atoms with Crippen LogP contribution in [-0.4, -0.2) is 37.0 Å². The molecule has 1 fully saturated rings. The average molecular weight is 543 g/mol. The largest absolute Gasteiger partial charge is 0.503 e. The van der Waals surface area contributed by atoms with Crippen LogP contribution in [0.25, 0.3) is 11.0 Å². The van der Waals surface area contributed by atoms with Crippen LogP contribution in [-0.2, 0) is 4.79 Å². The number of aryl methyl sites for hydroxylation is 1. The van der Waals surface area contributed by atoms with Crippen LogP contribution < -0.4 is 14.5 Å². The maximum atomic E-state index is 14.0. The topological polar surface area (TPSA) is 83.2 Å². The van der Waals surface area contributed by atoms with E-state index in [0.717, 1.165) is 42.7 Å². The van der Waals surface area contributed by atoms with Gasteiger partial charge in [0.2, 0.25) is 5.78 Å². The third kappa shape index (κ3) is 4.23. The first kappa shape index (κ1) is 25.1. The highest BCUT2D eigenvalue weighted by molar-refractivity contribution is 6.31. The van der Waals surface area contributed by atoms with Gasteiger partial charge in [0.05, 0.1) is 18.7 Å². The molecule has 7 nitrogen and oxygen atoms in total. The Hall–Kier alpha value is -4.23. The molecule has 1 atom stereocenters. The number of benzene rings is 3. The van der Waals surface area contributed by atoms with Crippen molar-refractivity contribution in [1.29, 1.82) is 0 Å². The number of Topliss-reactive ketones (excluding diaryl/α,β-unsaturated/α-hetero) is 1. The number of methoxy groups -OCH3 is 1. The number of nitrogens with zero attached hydrogens (tertiary/aromatic N) is 2. The second-order valence-corrected chi connectivity index (χ2v) is 10.3. The highest BCUT2D eigenvalue weighted by Crippen LogP contribution is 2.44. The summed E-state index contributed by atoms with van der Waals surface area (Å²) >= 11 is 6.21. The monoisotopic (exact) mass is 542 g/mol. The molecule has 4 aromatic rings. The lowest BCUT2D eigenvalue weighted by Gasteiger charge is -2.28. The Bertz CT molecular complexity index is 1630. The molecule has 0 radical (unpaired) electrons. The summed E-state index contributed by atoms with van der Waals surface area (Å²) in [7, 11) is 1.49. The summed E-state index contributed by atoms with van der Waals surface area (Å²) in [6.45, 7) is 3.92.